The van der Waals surface area contributed by atoms with Gasteiger partial charge >= 0.3 is 0 Å². The Bertz CT molecular complexity index is 147. The van der Waals surface area contributed by atoms with Gasteiger partial charge in [-0.1, -0.05) is 0 Å². The van der Waals surface area contributed by atoms with E-state index in [1.165, 1.54) is 0 Å². The molecule has 1 fully saturated rings. The summed E-state index contributed by atoms with van der Waals surface area (Å²) in [5.74, 6) is 0. The quantitative estimate of drug-likeness (QED) is 0.613. The Hall–Kier alpha value is -0.160. The Labute approximate surface area is 80.3 Å². The van der Waals surface area contributed by atoms with E-state index >= 15 is 0 Å². The largest absolute Gasteiger partial charge is 0.389 e. The highest BCUT2D eigenvalue weighted by molar-refractivity contribution is 4.77. The minimum absolute atomic E-state index is 0.578. The Kier molecular flexibility index (Phi) is 3.67. The van der Waals surface area contributed by atoms with E-state index in [0.717, 1.165) is 32.7 Å². The molecule has 0 unspecified atom stereocenters. The summed E-state index contributed by atoms with van der Waals surface area (Å²) in [6.07, 6.45) is 0. The number of β-amino-alcohol motifs (C(OH)–C–C–N with tert-alkyl or cyclic N) is 1. The summed E-state index contributed by atoms with van der Waals surface area (Å²) in [5.41, 5.74) is 4.96. The van der Waals surface area contributed by atoms with Gasteiger partial charge in [-0.05, 0) is 13.8 Å². The highest BCUT2D eigenvalue weighted by Gasteiger charge is 2.21. The molecule has 1 saturated heterocycles. The summed E-state index contributed by atoms with van der Waals surface area (Å²) in [6.45, 7) is 9.17. The van der Waals surface area contributed by atoms with Crippen LogP contribution in [0.2, 0.25) is 0 Å². The van der Waals surface area contributed by atoms with Gasteiger partial charge in [-0.3, -0.25) is 9.80 Å². The average molecular weight is 187 g/mol. The van der Waals surface area contributed by atoms with E-state index in [4.69, 9.17) is 5.73 Å². The number of hydrogen-bond acceptors (Lipinski definition) is 4. The van der Waals surface area contributed by atoms with Crippen LogP contribution in [0.5, 0.6) is 0 Å². The highest BCUT2D eigenvalue weighted by atomic mass is 16.3. The second-order valence-electron chi connectivity index (χ2n) is 4.39. The third-order valence-corrected chi connectivity index (χ3v) is 2.33. The zero-order chi connectivity index (χ0) is 9.90. The molecule has 0 spiro atoms. The average Bonchev–Trinajstić information content (AvgIpc) is 2.03. The third-order valence-electron chi connectivity index (χ3n) is 2.33. The number of nitrogens with zero attached hydrogens (tertiary/aromatic N) is 2. The second kappa shape index (κ2) is 4.37. The zero-order valence-corrected chi connectivity index (χ0v) is 8.66. The SMILES string of the molecule is CC(C)(O)CN1CCN(CN)CC1. The summed E-state index contributed by atoms with van der Waals surface area (Å²) >= 11 is 0. The predicted molar refractivity (Wildman–Crippen MR) is 53.4 cm³/mol. The minimum Gasteiger partial charge on any atom is -0.389 e. The summed E-state index contributed by atoms with van der Waals surface area (Å²) in [4.78, 5) is 4.51. The number of piperazine rings is 1. The molecule has 3 N–H and O–H groups in total. The summed E-state index contributed by atoms with van der Waals surface area (Å²) < 4.78 is 0. The number of rotatable bonds is 3. The molecule has 0 aromatic rings. The number of hydrogen-bond donors (Lipinski definition) is 2. The van der Waals surface area contributed by atoms with E-state index in [9.17, 15) is 5.11 Å². The van der Waals surface area contributed by atoms with Crippen LogP contribution >= 0.6 is 0 Å². The number of nitrogens with two attached hydrogens (primary N) is 1. The first kappa shape index (κ1) is 10.9. The van der Waals surface area contributed by atoms with E-state index in [0.29, 0.717) is 6.67 Å². The maximum absolute atomic E-state index is 9.61. The molecule has 0 aromatic carbocycles. The van der Waals surface area contributed by atoms with Crippen LogP contribution in [0.3, 0.4) is 0 Å². The van der Waals surface area contributed by atoms with E-state index < -0.39 is 5.60 Å². The Balaban J connectivity index is 2.25. The summed E-state index contributed by atoms with van der Waals surface area (Å²) in [7, 11) is 0. The van der Waals surface area contributed by atoms with Gasteiger partial charge in [0.2, 0.25) is 0 Å². The molecule has 1 aliphatic rings. The lowest BCUT2D eigenvalue weighted by Gasteiger charge is -2.36. The topological polar surface area (TPSA) is 52.7 Å². The third kappa shape index (κ3) is 4.04. The van der Waals surface area contributed by atoms with E-state index in [1.54, 1.807) is 0 Å². The molecule has 0 amide bonds. The summed E-state index contributed by atoms with van der Waals surface area (Å²) in [5, 5.41) is 9.61. The van der Waals surface area contributed by atoms with Gasteiger partial charge in [-0.2, -0.15) is 0 Å². The Morgan fingerprint density at radius 2 is 1.62 bits per heavy atom. The van der Waals surface area contributed by atoms with E-state index in [2.05, 4.69) is 9.80 Å². The van der Waals surface area contributed by atoms with Gasteiger partial charge in [0, 0.05) is 39.4 Å². The molecule has 0 saturated carbocycles. The first-order valence-electron chi connectivity index (χ1n) is 4.88. The van der Waals surface area contributed by atoms with Crippen LogP contribution in [0.1, 0.15) is 13.8 Å². The van der Waals surface area contributed by atoms with Crippen LogP contribution < -0.4 is 5.73 Å². The maximum Gasteiger partial charge on any atom is 0.0718 e. The van der Waals surface area contributed by atoms with Crippen LogP contribution in [-0.4, -0.2) is 59.9 Å². The number of aliphatic hydroxyl groups is 1. The lowest BCUT2D eigenvalue weighted by molar-refractivity contribution is 0.0182. The zero-order valence-electron chi connectivity index (χ0n) is 8.66. The molecular formula is C9H21N3O. The van der Waals surface area contributed by atoms with Crippen LogP contribution in [-0.2, 0) is 0 Å². The van der Waals surface area contributed by atoms with Crippen LogP contribution in [0.4, 0.5) is 0 Å². The van der Waals surface area contributed by atoms with Crippen molar-refractivity contribution in [3.05, 3.63) is 0 Å². The van der Waals surface area contributed by atoms with Crippen molar-refractivity contribution in [1.29, 1.82) is 0 Å². The Morgan fingerprint density at radius 3 is 2.00 bits per heavy atom. The molecule has 13 heavy (non-hydrogen) atoms. The second-order valence-corrected chi connectivity index (χ2v) is 4.39. The summed E-state index contributed by atoms with van der Waals surface area (Å²) in [6, 6.07) is 0. The van der Waals surface area contributed by atoms with Gasteiger partial charge in [-0.25, -0.2) is 0 Å². The minimum atomic E-state index is -0.578. The molecule has 0 atom stereocenters. The van der Waals surface area contributed by atoms with Crippen molar-refractivity contribution >= 4 is 0 Å². The van der Waals surface area contributed by atoms with Gasteiger partial charge in [0.1, 0.15) is 0 Å². The molecule has 0 aliphatic carbocycles. The van der Waals surface area contributed by atoms with Crippen LogP contribution in [0, 0.1) is 0 Å². The van der Waals surface area contributed by atoms with Gasteiger partial charge in [0.25, 0.3) is 0 Å². The van der Waals surface area contributed by atoms with Crippen LogP contribution in [0.25, 0.3) is 0 Å². The molecule has 0 bridgehead atoms. The molecule has 4 heteroatoms. The fourth-order valence-electron chi connectivity index (χ4n) is 1.68. The maximum atomic E-state index is 9.61. The molecule has 1 aliphatic heterocycles. The predicted octanol–water partition coefficient (Wildman–Crippen LogP) is -0.709. The monoisotopic (exact) mass is 187 g/mol. The molecule has 0 aromatic heterocycles. The van der Waals surface area contributed by atoms with Gasteiger partial charge < -0.3 is 10.8 Å². The molecule has 1 heterocycles. The molecule has 1 rings (SSSR count). The molecule has 4 nitrogen and oxygen atoms in total. The van der Waals surface area contributed by atoms with Gasteiger partial charge in [-0.15, -0.1) is 0 Å². The fraction of sp³-hybridized carbons (Fsp3) is 1.00. The van der Waals surface area contributed by atoms with Crippen molar-refractivity contribution in [3.63, 3.8) is 0 Å². The van der Waals surface area contributed by atoms with E-state index in [-0.39, 0.29) is 0 Å². The Morgan fingerprint density at radius 1 is 1.15 bits per heavy atom. The lowest BCUT2D eigenvalue weighted by Crippen LogP contribution is -2.51. The fourth-order valence-corrected chi connectivity index (χ4v) is 1.68. The molecular weight excluding hydrogens is 166 g/mol. The van der Waals surface area contributed by atoms with Crippen molar-refractivity contribution in [3.8, 4) is 0 Å². The van der Waals surface area contributed by atoms with Crippen molar-refractivity contribution in [2.45, 2.75) is 19.4 Å². The highest BCUT2D eigenvalue weighted by Crippen LogP contribution is 2.07. The van der Waals surface area contributed by atoms with Gasteiger partial charge in [0.15, 0.2) is 0 Å². The van der Waals surface area contributed by atoms with Gasteiger partial charge in [0.05, 0.1) is 5.60 Å². The molecule has 78 valence electrons. The normalized spacial score (nSPS) is 22.2. The van der Waals surface area contributed by atoms with Crippen molar-refractivity contribution < 1.29 is 5.11 Å². The smallest absolute Gasteiger partial charge is 0.0718 e. The van der Waals surface area contributed by atoms with E-state index in [1.807, 2.05) is 13.8 Å². The first-order chi connectivity index (χ1) is 6.01. The lowest BCUT2D eigenvalue weighted by atomic mass is 10.1. The van der Waals surface area contributed by atoms with Crippen molar-refractivity contribution in [2.75, 3.05) is 39.4 Å². The van der Waals surface area contributed by atoms with Crippen molar-refractivity contribution in [2.24, 2.45) is 5.73 Å². The standard InChI is InChI=1S/C9H21N3O/c1-9(2,13)7-11-3-5-12(8-10)6-4-11/h13H,3-8,10H2,1-2H3. The molecule has 0 radical (unpaired) electrons. The first-order valence-corrected chi connectivity index (χ1v) is 4.88. The van der Waals surface area contributed by atoms with Crippen LogP contribution in [0.15, 0.2) is 0 Å². The van der Waals surface area contributed by atoms with Crippen molar-refractivity contribution in [1.82, 2.24) is 9.80 Å².